The molecule has 0 saturated carbocycles. The number of nitrogens with zero attached hydrogens (tertiary/aromatic N) is 1. The van der Waals surface area contributed by atoms with Gasteiger partial charge in [0.1, 0.15) is 17.6 Å². The Hall–Kier alpha value is -2.00. The third kappa shape index (κ3) is 6.87. The van der Waals surface area contributed by atoms with Gasteiger partial charge in [-0.3, -0.25) is 0 Å². The highest BCUT2D eigenvalue weighted by molar-refractivity contribution is 5.34. The molecular weight excluding hydrogens is 346 g/mol. The van der Waals surface area contributed by atoms with Gasteiger partial charge in [-0.05, 0) is 62.4 Å². The van der Waals surface area contributed by atoms with Gasteiger partial charge in [0.05, 0.1) is 6.61 Å². The first-order valence-electron chi connectivity index (χ1n) is 10.7. The molecule has 151 valence electrons. The molecule has 0 N–H and O–H groups in total. The lowest BCUT2D eigenvalue weighted by Crippen LogP contribution is -2.31. The van der Waals surface area contributed by atoms with Crippen LogP contribution in [0.4, 0.5) is 0 Å². The van der Waals surface area contributed by atoms with Gasteiger partial charge in [0, 0.05) is 12.6 Å². The van der Waals surface area contributed by atoms with E-state index in [1.54, 1.807) is 0 Å². The van der Waals surface area contributed by atoms with Crippen molar-refractivity contribution in [1.29, 1.82) is 0 Å². The summed E-state index contributed by atoms with van der Waals surface area (Å²) in [6.45, 7) is 8.69. The Balaban J connectivity index is 1.52. The van der Waals surface area contributed by atoms with Crippen molar-refractivity contribution in [3.63, 3.8) is 0 Å². The van der Waals surface area contributed by atoms with Gasteiger partial charge in [-0.15, -0.1) is 0 Å². The van der Waals surface area contributed by atoms with Crippen molar-refractivity contribution in [3.8, 4) is 11.5 Å². The number of benzene rings is 2. The van der Waals surface area contributed by atoms with Crippen LogP contribution in [0.25, 0.3) is 0 Å². The third-order valence-corrected chi connectivity index (χ3v) is 5.18. The minimum Gasteiger partial charge on any atom is -0.493 e. The molecule has 0 aromatic heterocycles. The molecule has 0 aliphatic carbocycles. The molecule has 0 amide bonds. The first-order valence-corrected chi connectivity index (χ1v) is 10.7. The quantitative estimate of drug-likeness (QED) is 0.467. The van der Waals surface area contributed by atoms with Crippen LogP contribution in [-0.2, 0) is 0 Å². The van der Waals surface area contributed by atoms with Crippen LogP contribution in [0.1, 0.15) is 57.6 Å². The van der Waals surface area contributed by atoms with Crippen molar-refractivity contribution < 1.29 is 9.47 Å². The van der Waals surface area contributed by atoms with Crippen LogP contribution in [-0.4, -0.2) is 31.1 Å². The summed E-state index contributed by atoms with van der Waals surface area (Å²) < 4.78 is 12.3. The van der Waals surface area contributed by atoms with Crippen LogP contribution < -0.4 is 9.47 Å². The summed E-state index contributed by atoms with van der Waals surface area (Å²) in [4.78, 5) is 2.56. The highest BCUT2D eigenvalue weighted by Crippen LogP contribution is 2.30. The molecule has 0 bridgehead atoms. The van der Waals surface area contributed by atoms with E-state index in [-0.39, 0.29) is 6.10 Å². The highest BCUT2D eigenvalue weighted by Gasteiger charge is 2.16. The van der Waals surface area contributed by atoms with E-state index in [0.717, 1.165) is 37.5 Å². The fourth-order valence-corrected chi connectivity index (χ4v) is 3.73. The highest BCUT2D eigenvalue weighted by atomic mass is 16.5. The molecule has 0 spiro atoms. The van der Waals surface area contributed by atoms with Gasteiger partial charge in [0.15, 0.2) is 0 Å². The maximum Gasteiger partial charge on any atom is 0.124 e. The largest absolute Gasteiger partial charge is 0.493 e. The van der Waals surface area contributed by atoms with Gasteiger partial charge >= 0.3 is 0 Å². The molecule has 3 rings (SSSR count). The Morgan fingerprint density at radius 2 is 1.68 bits per heavy atom. The zero-order chi connectivity index (χ0) is 19.6. The average Bonchev–Trinajstić information content (AvgIpc) is 2.72. The van der Waals surface area contributed by atoms with Crippen molar-refractivity contribution in [2.75, 3.05) is 26.2 Å². The Morgan fingerprint density at radius 3 is 2.43 bits per heavy atom. The lowest BCUT2D eigenvalue weighted by atomic mass is 9.99. The predicted molar refractivity (Wildman–Crippen MR) is 116 cm³/mol. The van der Waals surface area contributed by atoms with Crippen molar-refractivity contribution in [1.82, 2.24) is 4.90 Å². The van der Waals surface area contributed by atoms with Crippen molar-refractivity contribution in [2.24, 2.45) is 0 Å². The fourth-order valence-electron chi connectivity index (χ4n) is 3.73. The van der Waals surface area contributed by atoms with E-state index in [0.29, 0.717) is 0 Å². The molecule has 1 aliphatic heterocycles. The van der Waals surface area contributed by atoms with Crippen molar-refractivity contribution in [2.45, 2.75) is 52.1 Å². The molecule has 1 atom stereocenters. The van der Waals surface area contributed by atoms with E-state index in [1.165, 1.54) is 43.8 Å². The molecular formula is C25H34NO2. The first kappa shape index (κ1) is 20.7. The summed E-state index contributed by atoms with van der Waals surface area (Å²) in [5.74, 6) is 3.11. The molecule has 1 unspecified atom stereocenters. The standard InChI is InChI=1S/C25H34NO2/c1-21(2)19-25(22-11-5-3-6-12-22)28-24-14-9-13-23(20-24)27-18-10-17-26-15-7-4-8-16-26/h3,5-6,9,11-14,20,25H,4,7-8,10,15-19H2,1-2H3. The number of hydrogen-bond donors (Lipinski definition) is 0. The Morgan fingerprint density at radius 1 is 0.929 bits per heavy atom. The number of ether oxygens (including phenoxy) is 2. The monoisotopic (exact) mass is 380 g/mol. The molecule has 2 aromatic carbocycles. The van der Waals surface area contributed by atoms with E-state index in [9.17, 15) is 0 Å². The SMILES string of the molecule is C[C](C)CC(Oc1cccc(OCCCN2CCCCC2)c1)c1ccccc1. The van der Waals surface area contributed by atoms with E-state index in [4.69, 9.17) is 9.47 Å². The smallest absolute Gasteiger partial charge is 0.124 e. The second kappa shape index (κ2) is 11.1. The van der Waals surface area contributed by atoms with E-state index in [2.05, 4.69) is 43.0 Å². The molecule has 3 heteroatoms. The lowest BCUT2D eigenvalue weighted by Gasteiger charge is -2.26. The van der Waals surface area contributed by atoms with Crippen molar-refractivity contribution >= 4 is 0 Å². The van der Waals surface area contributed by atoms with E-state index in [1.807, 2.05) is 30.3 Å². The van der Waals surface area contributed by atoms with Gasteiger partial charge in [-0.25, -0.2) is 0 Å². The second-order valence-corrected chi connectivity index (χ2v) is 8.01. The Bertz CT molecular complexity index is 680. The van der Waals surface area contributed by atoms with Crippen LogP contribution in [0.3, 0.4) is 0 Å². The van der Waals surface area contributed by atoms with Crippen LogP contribution in [0.15, 0.2) is 54.6 Å². The number of piperidine rings is 1. The maximum atomic E-state index is 6.34. The molecule has 28 heavy (non-hydrogen) atoms. The Labute approximate surface area is 170 Å². The fraction of sp³-hybridized carbons (Fsp3) is 0.480. The van der Waals surface area contributed by atoms with Crippen molar-refractivity contribution in [3.05, 3.63) is 66.1 Å². The van der Waals surface area contributed by atoms with Gasteiger partial charge in [-0.2, -0.15) is 0 Å². The van der Waals surface area contributed by atoms with Crippen LogP contribution >= 0.6 is 0 Å². The predicted octanol–water partition coefficient (Wildman–Crippen LogP) is 6.07. The summed E-state index contributed by atoms with van der Waals surface area (Å²) in [7, 11) is 0. The number of rotatable bonds is 10. The summed E-state index contributed by atoms with van der Waals surface area (Å²) in [6.07, 6.45) is 6.08. The normalized spacial score (nSPS) is 16.1. The molecule has 1 aliphatic rings. The lowest BCUT2D eigenvalue weighted by molar-refractivity contribution is 0.195. The van der Waals surface area contributed by atoms with Gasteiger partial charge in [-0.1, -0.05) is 56.7 Å². The maximum absolute atomic E-state index is 6.34. The van der Waals surface area contributed by atoms with Gasteiger partial charge < -0.3 is 14.4 Å². The molecule has 1 heterocycles. The van der Waals surface area contributed by atoms with E-state index < -0.39 is 0 Å². The van der Waals surface area contributed by atoms with Crippen LogP contribution in [0, 0.1) is 5.92 Å². The summed E-state index contributed by atoms with van der Waals surface area (Å²) in [6, 6.07) is 18.5. The third-order valence-electron chi connectivity index (χ3n) is 5.18. The van der Waals surface area contributed by atoms with E-state index >= 15 is 0 Å². The minimum absolute atomic E-state index is 0.0283. The number of hydrogen-bond acceptors (Lipinski definition) is 3. The molecule has 1 radical (unpaired) electrons. The zero-order valence-electron chi connectivity index (χ0n) is 17.4. The molecule has 1 saturated heterocycles. The molecule has 1 fully saturated rings. The summed E-state index contributed by atoms with van der Waals surface area (Å²) in [5, 5.41) is 0. The van der Waals surface area contributed by atoms with Gasteiger partial charge in [0.2, 0.25) is 0 Å². The topological polar surface area (TPSA) is 21.7 Å². The molecule has 2 aromatic rings. The minimum atomic E-state index is 0.0283. The number of likely N-dealkylation sites (tertiary alicyclic amines) is 1. The average molecular weight is 381 g/mol. The van der Waals surface area contributed by atoms with Gasteiger partial charge in [0.25, 0.3) is 0 Å². The Kier molecular flexibility index (Phi) is 8.23. The second-order valence-electron chi connectivity index (χ2n) is 8.01. The summed E-state index contributed by atoms with van der Waals surface area (Å²) in [5.41, 5.74) is 1.21. The van der Waals surface area contributed by atoms with Crippen LogP contribution in [0.2, 0.25) is 0 Å². The molecule has 3 nitrogen and oxygen atoms in total. The van der Waals surface area contributed by atoms with Crippen LogP contribution in [0.5, 0.6) is 11.5 Å². The first-order chi connectivity index (χ1) is 13.7. The summed E-state index contributed by atoms with van der Waals surface area (Å²) >= 11 is 0. The zero-order valence-corrected chi connectivity index (χ0v) is 17.4.